The molecule has 1 aliphatic heterocycles. The fourth-order valence-corrected chi connectivity index (χ4v) is 2.65. The highest BCUT2D eigenvalue weighted by Gasteiger charge is 2.26. The van der Waals surface area contributed by atoms with Crippen LogP contribution in [0.1, 0.15) is 17.9 Å². The number of aryl methyl sites for hydroxylation is 1. The molecular formula is C14H15F2N3O. The summed E-state index contributed by atoms with van der Waals surface area (Å²) in [5.41, 5.74) is 0.691. The molecular weight excluding hydrogens is 264 g/mol. The molecule has 20 heavy (non-hydrogen) atoms. The molecule has 0 aliphatic carbocycles. The Morgan fingerprint density at radius 1 is 1.25 bits per heavy atom. The van der Waals surface area contributed by atoms with Gasteiger partial charge in [-0.2, -0.15) is 0 Å². The Kier molecular flexibility index (Phi) is 3.38. The van der Waals surface area contributed by atoms with E-state index >= 15 is 0 Å². The lowest BCUT2D eigenvalue weighted by atomic mass is 9.98. The number of benzene rings is 1. The monoisotopic (exact) mass is 279 g/mol. The highest BCUT2D eigenvalue weighted by Crippen LogP contribution is 2.25. The zero-order valence-electron chi connectivity index (χ0n) is 11.1. The Balaban J connectivity index is 1.65. The van der Waals surface area contributed by atoms with Gasteiger partial charge in [0.2, 0.25) is 5.89 Å². The molecule has 6 heteroatoms. The van der Waals surface area contributed by atoms with Crippen molar-refractivity contribution in [2.45, 2.75) is 19.8 Å². The summed E-state index contributed by atoms with van der Waals surface area (Å²) in [5, 5.41) is 7.79. The number of rotatable bonds is 3. The summed E-state index contributed by atoms with van der Waals surface area (Å²) < 4.78 is 31.7. The van der Waals surface area contributed by atoms with Crippen LogP contribution in [0.25, 0.3) is 0 Å². The van der Waals surface area contributed by atoms with Crippen LogP contribution < -0.4 is 4.90 Å². The van der Waals surface area contributed by atoms with E-state index in [2.05, 4.69) is 10.2 Å². The minimum atomic E-state index is -0.526. The molecule has 0 spiro atoms. The summed E-state index contributed by atoms with van der Waals surface area (Å²) in [4.78, 5) is 2.01. The van der Waals surface area contributed by atoms with E-state index < -0.39 is 11.6 Å². The van der Waals surface area contributed by atoms with Gasteiger partial charge in [0.05, 0.1) is 0 Å². The first-order valence-electron chi connectivity index (χ1n) is 6.60. The molecule has 2 heterocycles. The van der Waals surface area contributed by atoms with Crippen molar-refractivity contribution in [3.8, 4) is 0 Å². The standard InChI is InChI=1S/C14H15F2N3O/c1-9-17-18-14(20-9)19-3-2-10(8-19)4-11-5-12(15)7-13(16)6-11/h5-7,10H,2-4,8H2,1H3. The van der Waals surface area contributed by atoms with Crippen molar-refractivity contribution in [3.05, 3.63) is 41.3 Å². The van der Waals surface area contributed by atoms with Gasteiger partial charge in [-0.25, -0.2) is 8.78 Å². The lowest BCUT2D eigenvalue weighted by Gasteiger charge is -2.13. The zero-order chi connectivity index (χ0) is 14.1. The van der Waals surface area contributed by atoms with Gasteiger partial charge in [-0.1, -0.05) is 5.10 Å². The lowest BCUT2D eigenvalue weighted by molar-refractivity contribution is 0.507. The zero-order valence-corrected chi connectivity index (χ0v) is 11.1. The molecule has 1 atom stereocenters. The van der Waals surface area contributed by atoms with Crippen molar-refractivity contribution in [2.24, 2.45) is 5.92 Å². The first kappa shape index (κ1) is 13.0. The summed E-state index contributed by atoms with van der Waals surface area (Å²) >= 11 is 0. The van der Waals surface area contributed by atoms with Gasteiger partial charge in [-0.05, 0) is 36.5 Å². The summed E-state index contributed by atoms with van der Waals surface area (Å²) in [6.45, 7) is 3.34. The lowest BCUT2D eigenvalue weighted by Crippen LogP contribution is -2.20. The average Bonchev–Trinajstić information content (AvgIpc) is 2.96. The maximum absolute atomic E-state index is 13.2. The molecule has 1 saturated heterocycles. The summed E-state index contributed by atoms with van der Waals surface area (Å²) in [6, 6.07) is 4.20. The Hall–Kier alpha value is -1.98. The largest absolute Gasteiger partial charge is 0.408 e. The summed E-state index contributed by atoms with van der Waals surface area (Å²) in [5.74, 6) is -0.177. The highest BCUT2D eigenvalue weighted by atomic mass is 19.1. The third kappa shape index (κ3) is 2.79. The summed E-state index contributed by atoms with van der Waals surface area (Å²) in [7, 11) is 0. The van der Waals surface area contributed by atoms with Crippen LogP contribution in [0.4, 0.5) is 14.8 Å². The molecule has 106 valence electrons. The molecule has 3 rings (SSSR count). The molecule has 0 amide bonds. The van der Waals surface area contributed by atoms with E-state index in [-0.39, 0.29) is 0 Å². The Morgan fingerprint density at radius 3 is 2.65 bits per heavy atom. The van der Waals surface area contributed by atoms with Gasteiger partial charge >= 0.3 is 6.01 Å². The van der Waals surface area contributed by atoms with Gasteiger partial charge in [-0.3, -0.25) is 0 Å². The molecule has 0 bridgehead atoms. The number of nitrogens with zero attached hydrogens (tertiary/aromatic N) is 3. The van der Waals surface area contributed by atoms with Crippen molar-refractivity contribution < 1.29 is 13.2 Å². The first-order chi connectivity index (χ1) is 9.60. The third-order valence-electron chi connectivity index (χ3n) is 3.52. The maximum Gasteiger partial charge on any atom is 0.318 e. The molecule has 1 unspecified atom stereocenters. The van der Waals surface area contributed by atoms with Crippen molar-refractivity contribution in [2.75, 3.05) is 18.0 Å². The van der Waals surface area contributed by atoms with E-state index in [4.69, 9.17) is 4.42 Å². The van der Waals surface area contributed by atoms with Crippen molar-refractivity contribution >= 4 is 6.01 Å². The topological polar surface area (TPSA) is 42.2 Å². The minimum Gasteiger partial charge on any atom is -0.408 e. The van der Waals surface area contributed by atoms with Crippen LogP contribution in [-0.2, 0) is 6.42 Å². The van der Waals surface area contributed by atoms with Gasteiger partial charge in [0.25, 0.3) is 0 Å². The molecule has 1 aromatic heterocycles. The molecule has 0 N–H and O–H groups in total. The van der Waals surface area contributed by atoms with Gasteiger partial charge in [0.1, 0.15) is 11.6 Å². The normalized spacial score (nSPS) is 18.8. The fourth-order valence-electron chi connectivity index (χ4n) is 2.65. The number of halogens is 2. The quantitative estimate of drug-likeness (QED) is 0.866. The molecule has 1 fully saturated rings. The van der Waals surface area contributed by atoms with Crippen LogP contribution in [0.2, 0.25) is 0 Å². The molecule has 0 radical (unpaired) electrons. The van der Waals surface area contributed by atoms with E-state index in [0.717, 1.165) is 25.6 Å². The second-order valence-electron chi connectivity index (χ2n) is 5.19. The van der Waals surface area contributed by atoms with E-state index in [1.54, 1.807) is 6.92 Å². The number of aromatic nitrogens is 2. The van der Waals surface area contributed by atoms with Gasteiger partial charge in [-0.15, -0.1) is 5.10 Å². The predicted octanol–water partition coefficient (Wildman–Crippen LogP) is 2.73. The maximum atomic E-state index is 13.2. The Morgan fingerprint density at radius 2 is 2.00 bits per heavy atom. The SMILES string of the molecule is Cc1nnc(N2CCC(Cc3cc(F)cc(F)c3)C2)o1. The molecule has 1 aromatic carbocycles. The Bertz CT molecular complexity index is 594. The smallest absolute Gasteiger partial charge is 0.318 e. The second kappa shape index (κ2) is 5.19. The van der Waals surface area contributed by atoms with Gasteiger partial charge in [0, 0.05) is 26.1 Å². The van der Waals surface area contributed by atoms with Crippen LogP contribution in [-0.4, -0.2) is 23.3 Å². The van der Waals surface area contributed by atoms with Crippen LogP contribution in [0.3, 0.4) is 0 Å². The molecule has 4 nitrogen and oxygen atoms in total. The predicted molar refractivity (Wildman–Crippen MR) is 69.4 cm³/mol. The molecule has 2 aromatic rings. The second-order valence-corrected chi connectivity index (χ2v) is 5.19. The van der Waals surface area contributed by atoms with Crippen LogP contribution in [0.15, 0.2) is 22.6 Å². The van der Waals surface area contributed by atoms with E-state index in [0.29, 0.717) is 29.8 Å². The van der Waals surface area contributed by atoms with Gasteiger partial charge in [0.15, 0.2) is 0 Å². The van der Waals surface area contributed by atoms with Crippen molar-refractivity contribution in [1.29, 1.82) is 0 Å². The van der Waals surface area contributed by atoms with Crippen LogP contribution in [0, 0.1) is 24.5 Å². The average molecular weight is 279 g/mol. The van der Waals surface area contributed by atoms with Gasteiger partial charge < -0.3 is 9.32 Å². The highest BCUT2D eigenvalue weighted by molar-refractivity contribution is 5.27. The Labute approximate surface area is 115 Å². The van der Waals surface area contributed by atoms with Crippen LogP contribution >= 0.6 is 0 Å². The first-order valence-corrected chi connectivity index (χ1v) is 6.60. The van der Waals surface area contributed by atoms with E-state index in [1.807, 2.05) is 4.90 Å². The summed E-state index contributed by atoms with van der Waals surface area (Å²) in [6.07, 6.45) is 1.60. The molecule has 0 saturated carbocycles. The fraction of sp³-hybridized carbons (Fsp3) is 0.429. The van der Waals surface area contributed by atoms with Crippen LogP contribution in [0.5, 0.6) is 0 Å². The number of hydrogen-bond acceptors (Lipinski definition) is 4. The van der Waals surface area contributed by atoms with E-state index in [9.17, 15) is 8.78 Å². The number of hydrogen-bond donors (Lipinski definition) is 0. The number of anilines is 1. The third-order valence-corrected chi connectivity index (χ3v) is 3.52. The van der Waals surface area contributed by atoms with Crippen molar-refractivity contribution in [1.82, 2.24) is 10.2 Å². The minimum absolute atomic E-state index is 0.336. The van der Waals surface area contributed by atoms with E-state index in [1.165, 1.54) is 12.1 Å². The van der Waals surface area contributed by atoms with Crippen molar-refractivity contribution in [3.63, 3.8) is 0 Å². The molecule has 1 aliphatic rings.